The summed E-state index contributed by atoms with van der Waals surface area (Å²) in [5.41, 5.74) is 1.93. The number of hydrogen-bond donors (Lipinski definition) is 1. The molecule has 16 heavy (non-hydrogen) atoms. The summed E-state index contributed by atoms with van der Waals surface area (Å²) in [7, 11) is 0. The van der Waals surface area contributed by atoms with Crippen LogP contribution >= 0.6 is 11.8 Å². The van der Waals surface area contributed by atoms with Crippen LogP contribution in [-0.2, 0) is 0 Å². The highest BCUT2D eigenvalue weighted by Gasteiger charge is 2.08. The Balaban J connectivity index is 2.53. The second kappa shape index (κ2) is 6.57. The Morgan fingerprint density at radius 3 is 2.44 bits per heavy atom. The van der Waals surface area contributed by atoms with Gasteiger partial charge in [-0.15, -0.1) is 0 Å². The molecule has 0 fully saturated rings. The van der Waals surface area contributed by atoms with Crippen LogP contribution in [-0.4, -0.2) is 17.5 Å². The Morgan fingerprint density at radius 1 is 1.31 bits per heavy atom. The van der Waals surface area contributed by atoms with Crippen molar-refractivity contribution in [1.29, 1.82) is 5.26 Å². The van der Waals surface area contributed by atoms with Gasteiger partial charge in [-0.1, -0.05) is 19.1 Å². The van der Waals surface area contributed by atoms with Crippen molar-refractivity contribution in [1.82, 2.24) is 0 Å². The minimum absolute atomic E-state index is 0.243. The molecule has 0 unspecified atom stereocenters. The van der Waals surface area contributed by atoms with Gasteiger partial charge < -0.3 is 5.11 Å². The lowest BCUT2D eigenvalue weighted by Gasteiger charge is -2.14. The van der Waals surface area contributed by atoms with E-state index in [1.54, 1.807) is 0 Å². The van der Waals surface area contributed by atoms with Crippen LogP contribution in [0.1, 0.15) is 30.2 Å². The van der Waals surface area contributed by atoms with Gasteiger partial charge in [0.2, 0.25) is 0 Å². The fourth-order valence-electron chi connectivity index (χ4n) is 1.29. The first kappa shape index (κ1) is 13.1. The van der Waals surface area contributed by atoms with Crippen molar-refractivity contribution >= 4 is 11.8 Å². The first-order valence-electron chi connectivity index (χ1n) is 5.40. The molecule has 1 rings (SSSR count). The van der Waals surface area contributed by atoms with Gasteiger partial charge in [-0.3, -0.25) is 0 Å². The molecule has 86 valence electrons. The quantitative estimate of drug-likeness (QED) is 0.853. The largest absolute Gasteiger partial charge is 0.396 e. The maximum absolute atomic E-state index is 8.94. The Labute approximate surface area is 101 Å². The standard InChI is InChI=1S/C13H17NOS/c1-10(8-15)9-16-11(2)13-5-3-12(7-14)4-6-13/h3-6,10-11,15H,8-9H2,1-2H3/t10-,11-/m0/s1. The maximum Gasteiger partial charge on any atom is 0.0991 e. The van der Waals surface area contributed by atoms with E-state index < -0.39 is 0 Å². The summed E-state index contributed by atoms with van der Waals surface area (Å²) in [6.45, 7) is 4.43. The molecule has 2 nitrogen and oxygen atoms in total. The van der Waals surface area contributed by atoms with E-state index in [1.807, 2.05) is 43.0 Å². The number of thioether (sulfide) groups is 1. The molecule has 1 aromatic carbocycles. The number of nitriles is 1. The topological polar surface area (TPSA) is 44.0 Å². The molecule has 2 atom stereocenters. The van der Waals surface area contributed by atoms with E-state index in [0.29, 0.717) is 16.7 Å². The molecular weight excluding hydrogens is 218 g/mol. The third-order valence-electron chi connectivity index (χ3n) is 2.45. The fraction of sp³-hybridized carbons (Fsp3) is 0.462. The number of aliphatic hydroxyl groups excluding tert-OH is 1. The predicted molar refractivity (Wildman–Crippen MR) is 68.3 cm³/mol. The molecule has 0 saturated carbocycles. The highest BCUT2D eigenvalue weighted by molar-refractivity contribution is 7.99. The number of hydrogen-bond acceptors (Lipinski definition) is 3. The van der Waals surface area contributed by atoms with Crippen LogP contribution in [0.5, 0.6) is 0 Å². The molecule has 0 aliphatic carbocycles. The summed E-state index contributed by atoms with van der Waals surface area (Å²) < 4.78 is 0. The van der Waals surface area contributed by atoms with Crippen molar-refractivity contribution in [3.05, 3.63) is 35.4 Å². The highest BCUT2D eigenvalue weighted by atomic mass is 32.2. The fourth-order valence-corrected chi connectivity index (χ4v) is 2.36. The average molecular weight is 235 g/mol. The molecule has 1 aromatic rings. The average Bonchev–Trinajstić information content (AvgIpc) is 2.35. The van der Waals surface area contributed by atoms with Gasteiger partial charge in [0.05, 0.1) is 11.6 Å². The van der Waals surface area contributed by atoms with Crippen molar-refractivity contribution < 1.29 is 5.11 Å². The van der Waals surface area contributed by atoms with Crippen LogP contribution in [0.3, 0.4) is 0 Å². The zero-order valence-electron chi connectivity index (χ0n) is 9.68. The van der Waals surface area contributed by atoms with E-state index in [2.05, 4.69) is 13.0 Å². The molecular formula is C13H17NOS. The summed E-state index contributed by atoms with van der Waals surface area (Å²) in [6.07, 6.45) is 0. The van der Waals surface area contributed by atoms with Gasteiger partial charge >= 0.3 is 0 Å². The summed E-state index contributed by atoms with van der Waals surface area (Å²) in [6, 6.07) is 9.81. The van der Waals surface area contributed by atoms with Crippen LogP contribution in [0.25, 0.3) is 0 Å². The molecule has 0 radical (unpaired) electrons. The molecule has 1 N–H and O–H groups in total. The molecule has 0 aromatic heterocycles. The molecule has 0 aliphatic rings. The maximum atomic E-state index is 8.94. The van der Waals surface area contributed by atoms with Gasteiger partial charge in [0, 0.05) is 11.9 Å². The Kier molecular flexibility index (Phi) is 5.37. The lowest BCUT2D eigenvalue weighted by atomic mass is 10.1. The predicted octanol–water partition coefficient (Wildman–Crippen LogP) is 2.98. The second-order valence-corrected chi connectivity index (χ2v) is 5.37. The second-order valence-electron chi connectivity index (χ2n) is 4.00. The Morgan fingerprint density at radius 2 is 1.94 bits per heavy atom. The van der Waals surface area contributed by atoms with Crippen LogP contribution < -0.4 is 0 Å². The first-order valence-corrected chi connectivity index (χ1v) is 6.44. The van der Waals surface area contributed by atoms with Crippen LogP contribution in [0.4, 0.5) is 0 Å². The van der Waals surface area contributed by atoms with Gasteiger partial charge in [-0.2, -0.15) is 17.0 Å². The first-order chi connectivity index (χ1) is 7.67. The number of rotatable bonds is 5. The molecule has 0 spiro atoms. The van der Waals surface area contributed by atoms with Crippen molar-refractivity contribution in [3.8, 4) is 6.07 Å². The number of nitrogens with zero attached hydrogens (tertiary/aromatic N) is 1. The lowest BCUT2D eigenvalue weighted by Crippen LogP contribution is -2.04. The van der Waals surface area contributed by atoms with Crippen molar-refractivity contribution in [2.75, 3.05) is 12.4 Å². The highest BCUT2D eigenvalue weighted by Crippen LogP contribution is 2.29. The smallest absolute Gasteiger partial charge is 0.0991 e. The van der Waals surface area contributed by atoms with Gasteiger partial charge in [-0.25, -0.2) is 0 Å². The molecule has 0 aliphatic heterocycles. The van der Waals surface area contributed by atoms with Gasteiger partial charge in [-0.05, 0) is 36.3 Å². The lowest BCUT2D eigenvalue weighted by molar-refractivity contribution is 0.250. The van der Waals surface area contributed by atoms with Crippen LogP contribution in [0, 0.1) is 17.2 Å². The van der Waals surface area contributed by atoms with Gasteiger partial charge in [0.25, 0.3) is 0 Å². The van der Waals surface area contributed by atoms with E-state index >= 15 is 0 Å². The third-order valence-corrected chi connectivity index (χ3v) is 3.99. The normalized spacial score (nSPS) is 14.1. The van der Waals surface area contributed by atoms with Crippen molar-refractivity contribution in [2.45, 2.75) is 19.1 Å². The third kappa shape index (κ3) is 3.88. The van der Waals surface area contributed by atoms with Crippen LogP contribution in [0.15, 0.2) is 24.3 Å². The van der Waals surface area contributed by atoms with E-state index in [0.717, 1.165) is 5.75 Å². The summed E-state index contributed by atoms with van der Waals surface area (Å²) in [4.78, 5) is 0. The Bertz CT molecular complexity index is 355. The minimum atomic E-state index is 0.243. The summed E-state index contributed by atoms with van der Waals surface area (Å²) in [5, 5.41) is 18.0. The zero-order valence-corrected chi connectivity index (χ0v) is 10.5. The number of aliphatic hydroxyl groups is 1. The molecule has 0 bridgehead atoms. The van der Waals surface area contributed by atoms with Crippen LogP contribution in [0.2, 0.25) is 0 Å². The van der Waals surface area contributed by atoms with E-state index in [4.69, 9.17) is 10.4 Å². The Hall–Kier alpha value is -0.980. The van der Waals surface area contributed by atoms with Crippen molar-refractivity contribution in [3.63, 3.8) is 0 Å². The SMILES string of the molecule is C[C@@H](CO)CS[C@@H](C)c1ccc(C#N)cc1. The number of benzene rings is 1. The van der Waals surface area contributed by atoms with E-state index in [9.17, 15) is 0 Å². The summed E-state index contributed by atoms with van der Waals surface area (Å²) in [5.74, 6) is 1.29. The molecule has 0 saturated heterocycles. The molecule has 0 amide bonds. The van der Waals surface area contributed by atoms with Crippen molar-refractivity contribution in [2.24, 2.45) is 5.92 Å². The monoisotopic (exact) mass is 235 g/mol. The van der Waals surface area contributed by atoms with Gasteiger partial charge in [0.1, 0.15) is 0 Å². The van der Waals surface area contributed by atoms with E-state index in [1.165, 1.54) is 5.56 Å². The minimum Gasteiger partial charge on any atom is -0.396 e. The molecule has 3 heteroatoms. The van der Waals surface area contributed by atoms with Gasteiger partial charge in [0.15, 0.2) is 0 Å². The zero-order chi connectivity index (χ0) is 12.0. The summed E-state index contributed by atoms with van der Waals surface area (Å²) >= 11 is 1.83. The van der Waals surface area contributed by atoms with E-state index in [-0.39, 0.29) is 6.61 Å². The molecule has 0 heterocycles.